The summed E-state index contributed by atoms with van der Waals surface area (Å²) in [6.07, 6.45) is 5.53. The van der Waals surface area contributed by atoms with E-state index >= 15 is 0 Å². The van der Waals surface area contributed by atoms with Crippen molar-refractivity contribution in [1.29, 1.82) is 0 Å². The van der Waals surface area contributed by atoms with Crippen molar-refractivity contribution in [2.75, 3.05) is 14.2 Å². The molecule has 0 saturated heterocycles. The lowest BCUT2D eigenvalue weighted by molar-refractivity contribution is -0.134. The molecule has 0 spiro atoms. The van der Waals surface area contributed by atoms with E-state index in [4.69, 9.17) is 23.7 Å². The molecule has 0 N–H and O–H groups in total. The van der Waals surface area contributed by atoms with E-state index in [-0.39, 0.29) is 29.3 Å². The first-order chi connectivity index (χ1) is 15.8. The Hall–Kier alpha value is -3.48. The van der Waals surface area contributed by atoms with E-state index in [1.165, 1.54) is 21.0 Å². The van der Waals surface area contributed by atoms with Crippen LogP contribution in [0.15, 0.2) is 30.3 Å². The summed E-state index contributed by atoms with van der Waals surface area (Å²) in [5, 5.41) is 0. The fourth-order valence-corrected chi connectivity index (χ4v) is 4.04. The van der Waals surface area contributed by atoms with Gasteiger partial charge in [-0.3, -0.25) is 9.59 Å². The molecule has 0 aliphatic carbocycles. The van der Waals surface area contributed by atoms with Crippen LogP contribution in [0.2, 0.25) is 0 Å². The lowest BCUT2D eigenvalue weighted by atomic mass is 9.88. The predicted octanol–water partition coefficient (Wildman–Crippen LogP) is 5.60. The Bertz CT molecular complexity index is 1070. The van der Waals surface area contributed by atoms with Gasteiger partial charge in [0.25, 0.3) is 0 Å². The number of fused-ring (bicyclic) bond motifs is 1. The Morgan fingerprint density at radius 1 is 0.939 bits per heavy atom. The van der Waals surface area contributed by atoms with Crippen LogP contribution in [0, 0.1) is 0 Å². The zero-order valence-corrected chi connectivity index (χ0v) is 19.9. The van der Waals surface area contributed by atoms with Crippen LogP contribution in [0.3, 0.4) is 0 Å². The van der Waals surface area contributed by atoms with Gasteiger partial charge in [-0.2, -0.15) is 0 Å². The summed E-state index contributed by atoms with van der Waals surface area (Å²) in [6, 6.07) is 7.48. The summed E-state index contributed by atoms with van der Waals surface area (Å²) in [7, 11) is 3.08. The zero-order valence-electron chi connectivity index (χ0n) is 19.9. The number of rotatable bonds is 8. The molecule has 33 heavy (non-hydrogen) atoms. The highest BCUT2D eigenvalue weighted by atomic mass is 16.6. The Morgan fingerprint density at radius 3 is 2.18 bits per heavy atom. The fraction of sp³-hybridized carbons (Fsp3) is 0.385. The molecule has 1 aliphatic rings. The first-order valence-electron chi connectivity index (χ1n) is 11.0. The summed E-state index contributed by atoms with van der Waals surface area (Å²) in [5.41, 5.74) is 2.82. The SMILES string of the molecule is CCC=Cc1cc(OC)c2c(c1)C(CC)C(c1cc(OC)c(OC(C)=O)c(OC(C)=O)c1)O2. The van der Waals surface area contributed by atoms with E-state index in [2.05, 4.69) is 32.1 Å². The molecule has 0 fully saturated rings. The van der Waals surface area contributed by atoms with Gasteiger partial charge in [-0.25, -0.2) is 0 Å². The molecule has 7 nitrogen and oxygen atoms in total. The van der Waals surface area contributed by atoms with Crippen LogP contribution in [-0.2, 0) is 9.59 Å². The first kappa shape index (κ1) is 24.2. The van der Waals surface area contributed by atoms with Gasteiger partial charge in [0.2, 0.25) is 5.75 Å². The summed E-state index contributed by atoms with van der Waals surface area (Å²) in [5.74, 6) is 0.706. The average Bonchev–Trinajstić information content (AvgIpc) is 3.15. The van der Waals surface area contributed by atoms with Gasteiger partial charge in [-0.05, 0) is 42.7 Å². The topological polar surface area (TPSA) is 80.3 Å². The van der Waals surface area contributed by atoms with E-state index in [0.717, 1.165) is 29.5 Å². The Kier molecular flexibility index (Phi) is 7.63. The molecule has 2 aromatic rings. The number of benzene rings is 2. The van der Waals surface area contributed by atoms with Crippen LogP contribution in [0.25, 0.3) is 6.08 Å². The zero-order chi connectivity index (χ0) is 24.1. The number of ether oxygens (including phenoxy) is 5. The summed E-state index contributed by atoms with van der Waals surface area (Å²) >= 11 is 0. The van der Waals surface area contributed by atoms with Crippen molar-refractivity contribution in [3.63, 3.8) is 0 Å². The number of esters is 2. The Labute approximate surface area is 194 Å². The van der Waals surface area contributed by atoms with E-state index in [9.17, 15) is 9.59 Å². The number of allylic oxidation sites excluding steroid dienone is 1. The van der Waals surface area contributed by atoms with Gasteiger partial charge in [0.05, 0.1) is 14.2 Å². The molecule has 2 aromatic carbocycles. The third-order valence-corrected chi connectivity index (χ3v) is 5.41. The minimum atomic E-state index is -0.553. The molecule has 7 heteroatoms. The van der Waals surface area contributed by atoms with E-state index in [1.54, 1.807) is 19.2 Å². The third-order valence-electron chi connectivity index (χ3n) is 5.41. The summed E-state index contributed by atoms with van der Waals surface area (Å²) in [6.45, 7) is 6.73. The second-order valence-corrected chi connectivity index (χ2v) is 7.74. The number of hydrogen-bond acceptors (Lipinski definition) is 7. The van der Waals surface area contributed by atoms with Crippen LogP contribution in [0.4, 0.5) is 0 Å². The molecule has 0 saturated carbocycles. The van der Waals surface area contributed by atoms with Gasteiger partial charge in [-0.15, -0.1) is 0 Å². The van der Waals surface area contributed by atoms with Crippen molar-refractivity contribution in [2.45, 2.75) is 52.6 Å². The number of carbonyl (C=O) groups excluding carboxylic acids is 2. The molecular formula is C26H30O7. The quantitative estimate of drug-likeness (QED) is 0.379. The van der Waals surface area contributed by atoms with Gasteiger partial charge < -0.3 is 23.7 Å². The van der Waals surface area contributed by atoms with Gasteiger partial charge in [0, 0.05) is 30.9 Å². The van der Waals surface area contributed by atoms with Crippen molar-refractivity contribution >= 4 is 18.0 Å². The maximum atomic E-state index is 11.7. The lowest BCUT2D eigenvalue weighted by Crippen LogP contribution is -2.13. The molecule has 176 valence electrons. The van der Waals surface area contributed by atoms with Crippen LogP contribution in [0.5, 0.6) is 28.7 Å². The summed E-state index contributed by atoms with van der Waals surface area (Å²) < 4.78 is 28.1. The highest BCUT2D eigenvalue weighted by Crippen LogP contribution is 2.54. The molecule has 3 rings (SSSR count). The van der Waals surface area contributed by atoms with Crippen molar-refractivity contribution in [1.82, 2.24) is 0 Å². The first-order valence-corrected chi connectivity index (χ1v) is 11.0. The standard InChI is InChI=1S/C26H30O7/c1-7-9-10-17-11-20-19(8-2)24(33-25(20)21(12-17)29-5)18-13-22(30-6)26(32-16(4)28)23(14-18)31-15(3)27/h9-14,19,24H,7-8H2,1-6H3. The van der Waals surface area contributed by atoms with Gasteiger partial charge >= 0.3 is 11.9 Å². The van der Waals surface area contributed by atoms with Crippen molar-refractivity contribution in [2.24, 2.45) is 0 Å². The normalized spacial score (nSPS) is 16.8. The van der Waals surface area contributed by atoms with Crippen molar-refractivity contribution in [3.8, 4) is 28.7 Å². The van der Waals surface area contributed by atoms with E-state index < -0.39 is 11.9 Å². The molecule has 1 aliphatic heterocycles. The maximum absolute atomic E-state index is 11.7. The summed E-state index contributed by atoms with van der Waals surface area (Å²) in [4.78, 5) is 23.4. The minimum Gasteiger partial charge on any atom is -0.493 e. The molecule has 1 heterocycles. The number of carbonyl (C=O) groups is 2. The van der Waals surface area contributed by atoms with E-state index in [0.29, 0.717) is 11.5 Å². The van der Waals surface area contributed by atoms with Crippen LogP contribution >= 0.6 is 0 Å². The van der Waals surface area contributed by atoms with E-state index in [1.807, 2.05) is 6.07 Å². The largest absolute Gasteiger partial charge is 0.493 e. The van der Waals surface area contributed by atoms with Gasteiger partial charge in [0.1, 0.15) is 6.10 Å². The predicted molar refractivity (Wildman–Crippen MR) is 124 cm³/mol. The average molecular weight is 455 g/mol. The highest BCUT2D eigenvalue weighted by molar-refractivity contribution is 5.76. The second-order valence-electron chi connectivity index (χ2n) is 7.74. The van der Waals surface area contributed by atoms with Crippen LogP contribution in [-0.4, -0.2) is 26.2 Å². The molecule has 2 atom stereocenters. The van der Waals surface area contributed by atoms with Gasteiger partial charge in [-0.1, -0.05) is 26.0 Å². The van der Waals surface area contributed by atoms with Gasteiger partial charge in [0.15, 0.2) is 23.0 Å². The smallest absolute Gasteiger partial charge is 0.308 e. The molecule has 0 amide bonds. The van der Waals surface area contributed by atoms with Crippen LogP contribution < -0.4 is 23.7 Å². The number of methoxy groups -OCH3 is 2. The molecule has 2 unspecified atom stereocenters. The minimum absolute atomic E-state index is 0.0262. The molecule has 0 aromatic heterocycles. The van der Waals surface area contributed by atoms with Crippen molar-refractivity contribution < 1.29 is 33.3 Å². The third kappa shape index (κ3) is 5.13. The molecule has 0 bridgehead atoms. The Morgan fingerprint density at radius 2 is 1.61 bits per heavy atom. The fourth-order valence-electron chi connectivity index (χ4n) is 4.04. The molecular weight excluding hydrogens is 424 g/mol. The Balaban J connectivity index is 2.12. The maximum Gasteiger partial charge on any atom is 0.308 e. The number of hydrogen-bond donors (Lipinski definition) is 0. The van der Waals surface area contributed by atoms with Crippen LogP contribution in [0.1, 0.15) is 69.2 Å². The van der Waals surface area contributed by atoms with Crippen molar-refractivity contribution in [3.05, 3.63) is 47.0 Å². The lowest BCUT2D eigenvalue weighted by Gasteiger charge is -2.21. The molecule has 0 radical (unpaired) electrons. The highest BCUT2D eigenvalue weighted by Gasteiger charge is 2.38. The second kappa shape index (κ2) is 10.4. The monoisotopic (exact) mass is 454 g/mol.